The van der Waals surface area contributed by atoms with Crippen LogP contribution in [0.25, 0.3) is 0 Å². The molecule has 3 rings (SSSR count). The number of ether oxygens (including phenoxy) is 2. The first-order valence-corrected chi connectivity index (χ1v) is 13.3. The Morgan fingerprint density at radius 2 is 1.42 bits per heavy atom. The molecule has 0 saturated heterocycles. The number of rotatable bonds is 13. The summed E-state index contributed by atoms with van der Waals surface area (Å²) in [5.41, 5.74) is 0.542. The van der Waals surface area contributed by atoms with Crippen LogP contribution in [0.15, 0.2) is 24.8 Å². The van der Waals surface area contributed by atoms with Crippen molar-refractivity contribution >= 4 is 0 Å². The number of unbranched alkanes of at least 4 members (excludes halogenated alkanes) is 3. The molecule has 1 aromatic carbocycles. The molecule has 2 saturated carbocycles. The maximum absolute atomic E-state index is 14.8. The van der Waals surface area contributed by atoms with E-state index in [0.717, 1.165) is 75.7 Å². The van der Waals surface area contributed by atoms with E-state index in [1.807, 2.05) is 0 Å². The number of hydrogen-bond acceptors (Lipinski definition) is 2. The number of hydrogen-bond donors (Lipinski definition) is 0. The van der Waals surface area contributed by atoms with Gasteiger partial charge in [0.2, 0.25) is 5.82 Å². The lowest BCUT2D eigenvalue weighted by molar-refractivity contribution is 0.190. The van der Waals surface area contributed by atoms with E-state index in [9.17, 15) is 8.78 Å². The first-order valence-electron chi connectivity index (χ1n) is 13.3. The van der Waals surface area contributed by atoms with Crippen molar-refractivity contribution in [2.24, 2.45) is 17.8 Å². The van der Waals surface area contributed by atoms with E-state index >= 15 is 0 Å². The SMILES string of the molecule is C=CC1CCC(CCC2CCC(c3ccc(OCCCCCCOC)c(F)c3F)CC2)CC1. The number of benzene rings is 1. The second kappa shape index (κ2) is 14.1. The summed E-state index contributed by atoms with van der Waals surface area (Å²) < 4.78 is 40.0. The molecular weight excluding hydrogens is 418 g/mol. The lowest BCUT2D eigenvalue weighted by atomic mass is 9.74. The number of halogens is 2. The molecule has 0 atom stereocenters. The third kappa shape index (κ3) is 8.09. The molecule has 2 fully saturated rings. The Hall–Kier alpha value is -1.42. The highest BCUT2D eigenvalue weighted by Gasteiger charge is 2.27. The minimum absolute atomic E-state index is 0.0491. The average molecular weight is 463 g/mol. The largest absolute Gasteiger partial charge is 0.490 e. The van der Waals surface area contributed by atoms with Crippen LogP contribution >= 0.6 is 0 Å². The quantitative estimate of drug-likeness (QED) is 0.216. The van der Waals surface area contributed by atoms with Crippen LogP contribution in [0, 0.1) is 29.4 Å². The number of methoxy groups -OCH3 is 1. The van der Waals surface area contributed by atoms with Gasteiger partial charge in [-0.3, -0.25) is 0 Å². The van der Waals surface area contributed by atoms with Crippen molar-refractivity contribution in [1.29, 1.82) is 0 Å². The van der Waals surface area contributed by atoms with E-state index in [-0.39, 0.29) is 11.7 Å². The van der Waals surface area contributed by atoms with E-state index in [0.29, 0.717) is 12.2 Å². The van der Waals surface area contributed by atoms with Crippen molar-refractivity contribution in [3.8, 4) is 5.75 Å². The predicted molar refractivity (Wildman–Crippen MR) is 132 cm³/mol. The Morgan fingerprint density at radius 1 is 0.818 bits per heavy atom. The summed E-state index contributed by atoms with van der Waals surface area (Å²) in [5, 5.41) is 0. The lowest BCUT2D eigenvalue weighted by Crippen LogP contribution is -2.18. The minimum atomic E-state index is -0.816. The van der Waals surface area contributed by atoms with Crippen molar-refractivity contribution in [2.45, 2.75) is 95.8 Å². The van der Waals surface area contributed by atoms with Gasteiger partial charge in [0.1, 0.15) is 0 Å². The van der Waals surface area contributed by atoms with E-state index in [4.69, 9.17) is 9.47 Å². The summed E-state index contributed by atoms with van der Waals surface area (Å²) in [4.78, 5) is 0. The first-order chi connectivity index (χ1) is 16.1. The lowest BCUT2D eigenvalue weighted by Gasteiger charge is -2.31. The minimum Gasteiger partial charge on any atom is -0.490 e. The normalized spacial score (nSPS) is 25.7. The summed E-state index contributed by atoms with van der Waals surface area (Å²) in [5.74, 6) is 1.02. The molecule has 0 N–H and O–H groups in total. The van der Waals surface area contributed by atoms with Crippen molar-refractivity contribution < 1.29 is 18.3 Å². The molecule has 2 nitrogen and oxygen atoms in total. The summed E-state index contributed by atoms with van der Waals surface area (Å²) in [7, 11) is 1.70. The van der Waals surface area contributed by atoms with Gasteiger partial charge in [0.05, 0.1) is 6.61 Å². The molecule has 2 aliphatic carbocycles. The molecular formula is C29H44F2O2. The second-order valence-corrected chi connectivity index (χ2v) is 10.3. The van der Waals surface area contributed by atoms with Gasteiger partial charge in [0.25, 0.3) is 0 Å². The zero-order valence-electron chi connectivity index (χ0n) is 20.6. The molecule has 0 amide bonds. The van der Waals surface area contributed by atoms with Crippen LogP contribution in [-0.2, 0) is 4.74 Å². The van der Waals surface area contributed by atoms with E-state index in [1.165, 1.54) is 38.5 Å². The molecule has 0 aromatic heterocycles. The van der Waals surface area contributed by atoms with Gasteiger partial charge in [-0.05, 0) is 106 Å². The molecule has 0 unspecified atom stereocenters. The van der Waals surface area contributed by atoms with E-state index in [2.05, 4.69) is 12.7 Å². The smallest absolute Gasteiger partial charge is 0.200 e. The van der Waals surface area contributed by atoms with Crippen molar-refractivity contribution in [3.05, 3.63) is 42.0 Å². The van der Waals surface area contributed by atoms with Crippen LogP contribution in [0.1, 0.15) is 101 Å². The highest BCUT2D eigenvalue weighted by atomic mass is 19.2. The monoisotopic (exact) mass is 462 g/mol. The molecule has 33 heavy (non-hydrogen) atoms. The maximum Gasteiger partial charge on any atom is 0.200 e. The topological polar surface area (TPSA) is 18.5 Å². The Bertz CT molecular complexity index is 704. The second-order valence-electron chi connectivity index (χ2n) is 10.3. The molecule has 1 aromatic rings. The highest BCUT2D eigenvalue weighted by molar-refractivity contribution is 5.33. The zero-order valence-corrected chi connectivity index (χ0v) is 20.6. The van der Waals surface area contributed by atoms with Crippen LogP contribution in [0.4, 0.5) is 8.78 Å². The number of allylic oxidation sites excluding steroid dienone is 1. The van der Waals surface area contributed by atoms with Gasteiger partial charge < -0.3 is 9.47 Å². The summed E-state index contributed by atoms with van der Waals surface area (Å²) in [6, 6.07) is 3.39. The van der Waals surface area contributed by atoms with E-state index in [1.54, 1.807) is 19.2 Å². The molecule has 0 radical (unpaired) electrons. The zero-order chi connectivity index (χ0) is 23.5. The van der Waals surface area contributed by atoms with Gasteiger partial charge in [-0.25, -0.2) is 4.39 Å². The van der Waals surface area contributed by atoms with Crippen molar-refractivity contribution in [1.82, 2.24) is 0 Å². The third-order valence-electron chi connectivity index (χ3n) is 8.07. The van der Waals surface area contributed by atoms with Crippen LogP contribution in [0.2, 0.25) is 0 Å². The molecule has 0 heterocycles. The highest BCUT2D eigenvalue weighted by Crippen LogP contribution is 2.41. The first kappa shape index (κ1) is 26.2. The summed E-state index contributed by atoms with van der Waals surface area (Å²) >= 11 is 0. The van der Waals surface area contributed by atoms with Crippen LogP contribution in [0.5, 0.6) is 5.75 Å². The van der Waals surface area contributed by atoms with Crippen molar-refractivity contribution in [3.63, 3.8) is 0 Å². The Morgan fingerprint density at radius 3 is 2.03 bits per heavy atom. The van der Waals surface area contributed by atoms with Crippen LogP contribution < -0.4 is 4.74 Å². The Balaban J connectivity index is 1.39. The molecule has 0 aliphatic heterocycles. The van der Waals surface area contributed by atoms with Crippen LogP contribution in [0.3, 0.4) is 0 Å². The van der Waals surface area contributed by atoms with Gasteiger partial charge in [0.15, 0.2) is 11.6 Å². The fraction of sp³-hybridized carbons (Fsp3) is 0.724. The van der Waals surface area contributed by atoms with Gasteiger partial charge in [0, 0.05) is 13.7 Å². The molecule has 0 bridgehead atoms. The summed E-state index contributed by atoms with van der Waals surface area (Å²) in [6.45, 7) is 5.13. The standard InChI is InChI=1S/C29H44F2O2/c1-3-22-8-10-23(11-9-22)12-13-24-14-16-25(17-15-24)26-18-19-27(29(31)28(26)30)33-21-7-5-4-6-20-32-2/h3,18-19,22-25H,1,4-17,20-21H2,2H3. The fourth-order valence-electron chi connectivity index (χ4n) is 5.80. The summed E-state index contributed by atoms with van der Waals surface area (Å²) in [6.07, 6.45) is 18.2. The average Bonchev–Trinajstić information content (AvgIpc) is 2.85. The Labute approximate surface area is 200 Å². The molecule has 0 spiro atoms. The van der Waals surface area contributed by atoms with Crippen molar-refractivity contribution in [2.75, 3.05) is 20.3 Å². The predicted octanol–water partition coefficient (Wildman–Crippen LogP) is 8.60. The van der Waals surface area contributed by atoms with E-state index < -0.39 is 11.6 Å². The fourth-order valence-corrected chi connectivity index (χ4v) is 5.80. The maximum atomic E-state index is 14.8. The van der Waals surface area contributed by atoms with Gasteiger partial charge in [-0.2, -0.15) is 4.39 Å². The van der Waals surface area contributed by atoms with Gasteiger partial charge >= 0.3 is 0 Å². The van der Waals surface area contributed by atoms with Gasteiger partial charge in [-0.15, -0.1) is 6.58 Å². The molecule has 186 valence electrons. The molecule has 4 heteroatoms. The van der Waals surface area contributed by atoms with Gasteiger partial charge in [-0.1, -0.05) is 31.4 Å². The Kier molecular flexibility index (Phi) is 11.2. The molecule has 2 aliphatic rings. The van der Waals surface area contributed by atoms with Crippen LogP contribution in [-0.4, -0.2) is 20.3 Å². The third-order valence-corrected chi connectivity index (χ3v) is 8.07.